The Bertz CT molecular complexity index is 1430. The summed E-state index contributed by atoms with van der Waals surface area (Å²) in [5, 5.41) is 8.96. The van der Waals surface area contributed by atoms with Crippen molar-refractivity contribution >= 4 is 29.2 Å². The number of methoxy groups -OCH3 is 1. The molecule has 0 N–H and O–H groups in total. The maximum absolute atomic E-state index is 14.0. The zero-order chi connectivity index (χ0) is 27.1. The van der Waals surface area contributed by atoms with Crippen LogP contribution in [0.5, 0.6) is 11.5 Å². The van der Waals surface area contributed by atoms with E-state index >= 15 is 0 Å². The first-order chi connectivity index (χ1) is 18.9. The minimum atomic E-state index is -0.0950. The number of benzene rings is 1. The molecule has 8 nitrogen and oxygen atoms in total. The molecule has 0 radical (unpaired) electrons. The standard InChI is InChI=1S/C30H34N4O4S.CH4/c1-19(2)14-21-15-23-26(16-25(21)37-3)38-17-24-27(31-34(28(23)24)22-8-13-39-18-22)30(36)33-9-4-6-20(7-12-33)29(35)32-10-5-11-32;/h8,13-16,18,20H,4-7,9-12,17H2,1-3H3;1H4/t20-;/m1./s1. The quantitative estimate of drug-likeness (QED) is 0.379. The van der Waals surface area contributed by atoms with Crippen molar-refractivity contribution in [2.45, 2.75) is 53.6 Å². The molecule has 40 heavy (non-hydrogen) atoms. The highest BCUT2D eigenvalue weighted by Gasteiger charge is 2.35. The van der Waals surface area contributed by atoms with Crippen molar-refractivity contribution in [1.29, 1.82) is 0 Å². The Morgan fingerprint density at radius 3 is 2.58 bits per heavy atom. The molecule has 0 bridgehead atoms. The van der Waals surface area contributed by atoms with Gasteiger partial charge in [-0.05, 0) is 57.0 Å². The van der Waals surface area contributed by atoms with Gasteiger partial charge in [0.25, 0.3) is 5.91 Å². The molecule has 1 atom stereocenters. The highest BCUT2D eigenvalue weighted by Crippen LogP contribution is 2.44. The summed E-state index contributed by atoms with van der Waals surface area (Å²) in [5.41, 5.74) is 6.00. The normalized spacial score (nSPS) is 17.8. The lowest BCUT2D eigenvalue weighted by atomic mass is 9.97. The predicted molar refractivity (Wildman–Crippen MR) is 158 cm³/mol. The number of aromatic nitrogens is 2. The molecule has 0 spiro atoms. The molecule has 5 heterocycles. The van der Waals surface area contributed by atoms with Gasteiger partial charge in [-0.1, -0.05) is 19.1 Å². The number of allylic oxidation sites excluding steroid dienone is 1. The molecule has 212 valence electrons. The van der Waals surface area contributed by atoms with Crippen molar-refractivity contribution in [2.24, 2.45) is 5.92 Å². The Balaban J connectivity index is 0.00000323. The van der Waals surface area contributed by atoms with Crippen LogP contribution in [-0.4, -0.2) is 64.7 Å². The van der Waals surface area contributed by atoms with E-state index in [-0.39, 0.29) is 31.8 Å². The number of carbonyl (C=O) groups is 2. The Hall–Kier alpha value is -3.59. The number of thiophene rings is 1. The first kappa shape index (κ1) is 28.0. The van der Waals surface area contributed by atoms with Crippen molar-refractivity contribution in [3.05, 3.63) is 51.4 Å². The third-order valence-corrected chi connectivity index (χ3v) is 8.54. The van der Waals surface area contributed by atoms with E-state index in [1.54, 1.807) is 18.4 Å². The van der Waals surface area contributed by atoms with E-state index in [0.29, 0.717) is 31.0 Å². The monoisotopic (exact) mass is 562 g/mol. The van der Waals surface area contributed by atoms with Crippen molar-refractivity contribution in [2.75, 3.05) is 33.3 Å². The van der Waals surface area contributed by atoms with Gasteiger partial charge in [0.2, 0.25) is 5.91 Å². The Morgan fingerprint density at radius 2 is 1.90 bits per heavy atom. The molecule has 9 heteroatoms. The van der Waals surface area contributed by atoms with Gasteiger partial charge in [0.05, 0.1) is 18.5 Å². The van der Waals surface area contributed by atoms with Gasteiger partial charge in [0, 0.05) is 60.2 Å². The van der Waals surface area contributed by atoms with Crippen LogP contribution in [0.3, 0.4) is 0 Å². The van der Waals surface area contributed by atoms with Crippen LogP contribution < -0.4 is 9.47 Å². The van der Waals surface area contributed by atoms with E-state index in [9.17, 15) is 9.59 Å². The topological polar surface area (TPSA) is 76.9 Å². The molecule has 2 saturated heterocycles. The summed E-state index contributed by atoms with van der Waals surface area (Å²) in [6, 6.07) is 6.00. The zero-order valence-corrected chi connectivity index (χ0v) is 23.6. The lowest BCUT2D eigenvalue weighted by Crippen LogP contribution is -2.45. The fourth-order valence-electron chi connectivity index (χ4n) is 5.72. The van der Waals surface area contributed by atoms with Gasteiger partial charge in [-0.25, -0.2) is 4.68 Å². The number of amides is 2. The summed E-state index contributed by atoms with van der Waals surface area (Å²) in [6.07, 6.45) is 5.51. The summed E-state index contributed by atoms with van der Waals surface area (Å²) in [4.78, 5) is 30.7. The predicted octanol–water partition coefficient (Wildman–Crippen LogP) is 6.04. The highest BCUT2D eigenvalue weighted by molar-refractivity contribution is 7.08. The van der Waals surface area contributed by atoms with Gasteiger partial charge in [0.15, 0.2) is 5.69 Å². The second-order valence-corrected chi connectivity index (χ2v) is 11.5. The van der Waals surface area contributed by atoms with Gasteiger partial charge in [-0.2, -0.15) is 16.4 Å². The highest BCUT2D eigenvalue weighted by atomic mass is 32.1. The van der Waals surface area contributed by atoms with E-state index in [0.717, 1.165) is 71.7 Å². The third kappa shape index (κ3) is 5.03. The first-order valence-corrected chi connectivity index (χ1v) is 14.6. The largest absolute Gasteiger partial charge is 0.496 e. The fraction of sp³-hybridized carbons (Fsp3) is 0.452. The first-order valence-electron chi connectivity index (χ1n) is 13.7. The summed E-state index contributed by atoms with van der Waals surface area (Å²) < 4.78 is 13.7. The molecule has 1 aromatic carbocycles. The maximum Gasteiger partial charge on any atom is 0.274 e. The van der Waals surface area contributed by atoms with E-state index < -0.39 is 0 Å². The van der Waals surface area contributed by atoms with Crippen LogP contribution in [-0.2, 0) is 11.4 Å². The van der Waals surface area contributed by atoms with Crippen molar-refractivity contribution in [1.82, 2.24) is 19.6 Å². The van der Waals surface area contributed by atoms with Gasteiger partial charge in [-0.3, -0.25) is 9.59 Å². The lowest BCUT2D eigenvalue weighted by molar-refractivity contribution is -0.139. The fourth-order valence-corrected chi connectivity index (χ4v) is 6.34. The number of rotatable bonds is 5. The molecule has 3 aliphatic rings. The second-order valence-electron chi connectivity index (χ2n) is 10.8. The van der Waals surface area contributed by atoms with Gasteiger partial charge >= 0.3 is 0 Å². The second kappa shape index (κ2) is 11.5. The lowest BCUT2D eigenvalue weighted by Gasteiger charge is -2.34. The number of fused-ring (bicyclic) bond motifs is 3. The van der Waals surface area contributed by atoms with E-state index in [1.807, 2.05) is 37.4 Å². The SMILES string of the molecule is C.COc1cc2c(cc1C=C(C)C)-c1c(c(C(=O)N3CCC[C@@H](C(=O)N4CCC4)CC3)nn1-c1ccsc1)CO2. The van der Waals surface area contributed by atoms with Crippen LogP contribution >= 0.6 is 11.3 Å². The summed E-state index contributed by atoms with van der Waals surface area (Å²) in [5.74, 6) is 1.61. The van der Waals surface area contributed by atoms with E-state index in [4.69, 9.17) is 14.6 Å². The van der Waals surface area contributed by atoms with Crippen LogP contribution in [0.15, 0.2) is 34.5 Å². The average molecular weight is 563 g/mol. The molecule has 3 aromatic rings. The molecular formula is C31H38N4O4S. The number of ether oxygens (including phenoxy) is 2. The van der Waals surface area contributed by atoms with Crippen molar-refractivity contribution in [3.8, 4) is 28.4 Å². The minimum Gasteiger partial charge on any atom is -0.496 e. The Kier molecular flexibility index (Phi) is 8.03. The van der Waals surface area contributed by atoms with E-state index in [2.05, 4.69) is 26.0 Å². The Morgan fingerprint density at radius 1 is 1.10 bits per heavy atom. The van der Waals surface area contributed by atoms with Gasteiger partial charge in [0.1, 0.15) is 18.1 Å². The molecule has 2 amide bonds. The van der Waals surface area contributed by atoms with Crippen molar-refractivity contribution in [3.63, 3.8) is 0 Å². The Labute approximate surface area is 240 Å². The molecule has 0 saturated carbocycles. The number of likely N-dealkylation sites (tertiary alicyclic amines) is 2. The summed E-state index contributed by atoms with van der Waals surface area (Å²) >= 11 is 1.59. The van der Waals surface area contributed by atoms with Crippen LogP contribution in [0, 0.1) is 5.92 Å². The molecule has 0 aliphatic carbocycles. The average Bonchev–Trinajstić information content (AvgIpc) is 3.48. The third-order valence-electron chi connectivity index (χ3n) is 7.87. The zero-order valence-electron chi connectivity index (χ0n) is 22.7. The van der Waals surface area contributed by atoms with Crippen LogP contribution in [0.4, 0.5) is 0 Å². The number of carbonyl (C=O) groups excluding carboxylic acids is 2. The van der Waals surface area contributed by atoms with Crippen LogP contribution in [0.25, 0.3) is 23.0 Å². The maximum atomic E-state index is 14.0. The molecule has 2 aromatic heterocycles. The summed E-state index contributed by atoms with van der Waals surface area (Å²) in [6.45, 7) is 7.28. The molecule has 2 fully saturated rings. The minimum absolute atomic E-state index is 0. The van der Waals surface area contributed by atoms with Crippen LogP contribution in [0.1, 0.15) is 68.6 Å². The number of hydrogen-bond acceptors (Lipinski definition) is 6. The van der Waals surface area contributed by atoms with E-state index in [1.165, 1.54) is 0 Å². The van der Waals surface area contributed by atoms with Gasteiger partial charge < -0.3 is 19.3 Å². The molecule has 3 aliphatic heterocycles. The van der Waals surface area contributed by atoms with Crippen LogP contribution in [0.2, 0.25) is 0 Å². The molecule has 0 unspecified atom stereocenters. The molecular weight excluding hydrogens is 524 g/mol. The van der Waals surface area contributed by atoms with Crippen molar-refractivity contribution < 1.29 is 19.1 Å². The van der Waals surface area contributed by atoms with Gasteiger partial charge in [-0.15, -0.1) is 0 Å². The number of nitrogens with zero attached hydrogens (tertiary/aromatic N) is 4. The number of hydrogen-bond donors (Lipinski definition) is 0. The molecule has 6 rings (SSSR count). The smallest absolute Gasteiger partial charge is 0.274 e. The summed E-state index contributed by atoms with van der Waals surface area (Å²) in [7, 11) is 1.66.